The molecule has 1 aromatic rings. The molecular weight excluding hydrogens is 356 g/mol. The molecule has 1 heterocycles. The number of aromatic nitrogens is 1. The van der Waals surface area contributed by atoms with Crippen molar-refractivity contribution in [2.45, 2.75) is 6.92 Å². The van der Waals surface area contributed by atoms with Gasteiger partial charge in [0.05, 0.1) is 12.2 Å². The van der Waals surface area contributed by atoms with Gasteiger partial charge in [0.25, 0.3) is 0 Å². The smallest absolute Gasteiger partial charge is 0.477 e. The van der Waals surface area contributed by atoms with Gasteiger partial charge < -0.3 is 10.5 Å². The van der Waals surface area contributed by atoms with Crippen molar-refractivity contribution in [1.29, 1.82) is 10.5 Å². The molecule has 0 amide bonds. The molecule has 2 N–H and O–H groups in total. The maximum Gasteiger partial charge on any atom is 2.00 e. The van der Waals surface area contributed by atoms with Crippen molar-refractivity contribution in [3.05, 3.63) is 80.4 Å². The summed E-state index contributed by atoms with van der Waals surface area (Å²) in [5.41, 5.74) is 6.68. The van der Waals surface area contributed by atoms with E-state index in [0.29, 0.717) is 12.2 Å². The van der Waals surface area contributed by atoms with E-state index in [0.717, 1.165) is 5.92 Å². The van der Waals surface area contributed by atoms with Gasteiger partial charge in [-0.15, -0.1) is 0 Å². The minimum Gasteiger partial charge on any atom is -0.477 e. The monoisotopic (exact) mass is 372 g/mol. The Bertz CT molecular complexity index is 631. The summed E-state index contributed by atoms with van der Waals surface area (Å²) in [7, 11) is 0. The van der Waals surface area contributed by atoms with Crippen molar-refractivity contribution in [2.75, 3.05) is 12.3 Å². The predicted octanol–water partition coefficient (Wildman–Crippen LogP) is 2.58. The number of hydrogen-bond donors (Lipinski definition) is 1. The summed E-state index contributed by atoms with van der Waals surface area (Å²) in [6, 6.07) is 4.05. The van der Waals surface area contributed by atoms with Crippen molar-refractivity contribution < 1.29 is 21.8 Å². The van der Waals surface area contributed by atoms with Gasteiger partial charge in [-0.25, -0.2) is 0 Å². The van der Waals surface area contributed by atoms with Gasteiger partial charge in [-0.3, -0.25) is 0 Å². The van der Waals surface area contributed by atoms with Crippen LogP contribution < -0.4 is 10.5 Å². The molecule has 2 fully saturated rings. The molecule has 6 heteroatoms. The van der Waals surface area contributed by atoms with Crippen molar-refractivity contribution in [3.8, 4) is 18.0 Å². The fourth-order valence-electron chi connectivity index (χ4n) is 2.19. The second kappa shape index (κ2) is 11.0. The Kier molecular flexibility index (Phi) is 9.35. The number of anilines is 1. The normalized spacial score (nSPS) is 16.1. The van der Waals surface area contributed by atoms with Gasteiger partial charge in [0.2, 0.25) is 5.88 Å². The minimum atomic E-state index is 0. The van der Waals surface area contributed by atoms with E-state index in [1.54, 1.807) is 6.92 Å². The van der Waals surface area contributed by atoms with Crippen LogP contribution in [0.4, 0.5) is 5.82 Å². The maximum absolute atomic E-state index is 9.32. The standard InChI is InChI=1S/C14H11N4O.C5H5.Fe/c1-2-19-14-11(8-16)12(9-5-3-4-6-9)10(7-15)13(17)18-14;1-2-4-5-3-1;/h3-6H,2H2,1H3,(H2,17,18);1-5H;/q;;+2. The van der Waals surface area contributed by atoms with Crippen LogP contribution >= 0.6 is 0 Å². The Morgan fingerprint density at radius 2 is 1.48 bits per heavy atom. The number of nitrogens with zero attached hydrogens (tertiary/aromatic N) is 3. The fourth-order valence-corrected chi connectivity index (χ4v) is 2.19. The van der Waals surface area contributed by atoms with Crippen LogP contribution in [0.1, 0.15) is 23.6 Å². The van der Waals surface area contributed by atoms with Crippen LogP contribution in [0.5, 0.6) is 5.88 Å². The first kappa shape index (κ1) is 21.3. The summed E-state index contributed by atoms with van der Waals surface area (Å²) >= 11 is 0. The maximum atomic E-state index is 9.32. The van der Waals surface area contributed by atoms with Crippen molar-refractivity contribution in [2.24, 2.45) is 0 Å². The van der Waals surface area contributed by atoms with E-state index in [-0.39, 0.29) is 39.9 Å². The van der Waals surface area contributed by atoms with Gasteiger partial charge >= 0.3 is 17.1 Å². The Labute approximate surface area is 161 Å². The summed E-state index contributed by atoms with van der Waals surface area (Å²) in [5, 5.41) is 18.5. The Morgan fingerprint density at radius 1 is 0.960 bits per heavy atom. The number of nitriles is 2. The van der Waals surface area contributed by atoms with E-state index < -0.39 is 0 Å². The average Bonchev–Trinajstić information content (AvgIpc) is 3.30. The van der Waals surface area contributed by atoms with Gasteiger partial charge in [-0.1, -0.05) is 0 Å². The first-order chi connectivity index (χ1) is 11.7. The van der Waals surface area contributed by atoms with Gasteiger partial charge in [0.1, 0.15) is 23.5 Å². The van der Waals surface area contributed by atoms with E-state index in [1.807, 2.05) is 69.9 Å². The van der Waals surface area contributed by atoms with Crippen LogP contribution in [0.25, 0.3) is 0 Å². The molecule has 0 aromatic carbocycles. The third-order valence-corrected chi connectivity index (χ3v) is 3.20. The first-order valence-corrected chi connectivity index (χ1v) is 7.38. The summed E-state index contributed by atoms with van der Waals surface area (Å²) < 4.78 is 5.32. The van der Waals surface area contributed by atoms with E-state index in [9.17, 15) is 10.5 Å². The SMILES string of the molecule is CCOc1nc(N)c(C#N)c([C]2[CH][CH][CH][CH]2)c1C#N.[CH]1[CH][CH][CH][CH]1.[Fe+2]. The molecule has 0 spiro atoms. The third kappa shape index (κ3) is 5.36. The summed E-state index contributed by atoms with van der Waals surface area (Å²) in [6.45, 7) is 2.16. The first-order valence-electron chi connectivity index (χ1n) is 7.38. The Balaban J connectivity index is 0.000000448. The largest absolute Gasteiger partial charge is 2.00 e. The molecule has 124 valence electrons. The molecule has 5 nitrogen and oxygen atoms in total. The fraction of sp³-hybridized carbons (Fsp3) is 0.105. The van der Waals surface area contributed by atoms with Crippen molar-refractivity contribution >= 4 is 5.82 Å². The quantitative estimate of drug-likeness (QED) is 0.823. The zero-order valence-corrected chi connectivity index (χ0v) is 14.7. The molecule has 10 radical (unpaired) electrons. The molecule has 3 rings (SSSR count). The number of nitrogen functional groups attached to an aromatic ring is 1. The summed E-state index contributed by atoms with van der Waals surface area (Å²) in [6.07, 6.45) is 17.3. The molecule has 0 unspecified atom stereocenters. The predicted molar refractivity (Wildman–Crippen MR) is 90.3 cm³/mol. The van der Waals surface area contributed by atoms with Crippen LogP contribution in [-0.4, -0.2) is 11.6 Å². The average molecular weight is 372 g/mol. The Hall–Kier alpha value is -1.75. The van der Waals surface area contributed by atoms with E-state index in [2.05, 4.69) is 4.98 Å². The third-order valence-electron chi connectivity index (χ3n) is 3.20. The molecule has 0 saturated heterocycles. The van der Waals surface area contributed by atoms with Gasteiger partial charge in [0.15, 0.2) is 0 Å². The molecule has 0 bridgehead atoms. The molecule has 25 heavy (non-hydrogen) atoms. The summed E-state index contributed by atoms with van der Waals surface area (Å²) in [4.78, 5) is 3.99. The molecule has 0 aliphatic heterocycles. The molecule has 2 aliphatic rings. The zero-order valence-electron chi connectivity index (χ0n) is 13.6. The van der Waals surface area contributed by atoms with Crippen LogP contribution in [0, 0.1) is 86.4 Å². The minimum absolute atomic E-state index is 0. The summed E-state index contributed by atoms with van der Waals surface area (Å²) in [5.74, 6) is 0.988. The zero-order chi connectivity index (χ0) is 17.4. The second-order valence-corrected chi connectivity index (χ2v) is 4.72. The molecule has 2 saturated carbocycles. The van der Waals surface area contributed by atoms with Gasteiger partial charge in [-0.05, 0) is 64.7 Å². The van der Waals surface area contributed by atoms with Crippen LogP contribution in [-0.2, 0) is 17.1 Å². The van der Waals surface area contributed by atoms with Crippen molar-refractivity contribution in [1.82, 2.24) is 4.98 Å². The number of rotatable bonds is 3. The molecular formula is C19H16FeN4O+2. The van der Waals surface area contributed by atoms with Crippen LogP contribution in [0.3, 0.4) is 0 Å². The van der Waals surface area contributed by atoms with Gasteiger partial charge in [-0.2, -0.15) is 15.5 Å². The topological polar surface area (TPSA) is 95.7 Å². The van der Waals surface area contributed by atoms with Crippen LogP contribution in [0.15, 0.2) is 0 Å². The second-order valence-electron chi connectivity index (χ2n) is 4.72. The van der Waals surface area contributed by atoms with Crippen LogP contribution in [0.2, 0.25) is 0 Å². The number of hydrogen-bond acceptors (Lipinski definition) is 5. The van der Waals surface area contributed by atoms with Gasteiger partial charge in [0, 0.05) is 11.5 Å². The number of nitrogens with two attached hydrogens (primary N) is 1. The van der Waals surface area contributed by atoms with E-state index >= 15 is 0 Å². The number of ether oxygens (including phenoxy) is 1. The number of pyridine rings is 1. The van der Waals surface area contributed by atoms with Crippen molar-refractivity contribution in [3.63, 3.8) is 0 Å². The van der Waals surface area contributed by atoms with E-state index in [1.165, 1.54) is 0 Å². The molecule has 2 aliphatic carbocycles. The Morgan fingerprint density at radius 3 is 1.92 bits per heavy atom. The molecule has 1 aromatic heterocycles. The molecule has 0 atom stereocenters. The van der Waals surface area contributed by atoms with E-state index in [4.69, 9.17) is 10.5 Å².